The van der Waals surface area contributed by atoms with Crippen LogP contribution in [0.4, 0.5) is 14.9 Å². The van der Waals surface area contributed by atoms with E-state index < -0.39 is 48.5 Å². The minimum atomic E-state index is -1.14. The topological polar surface area (TPSA) is 128 Å². The lowest BCUT2D eigenvalue weighted by molar-refractivity contribution is -0.135. The smallest absolute Gasteiger partial charge is 0.325 e. The van der Waals surface area contributed by atoms with Crippen LogP contribution in [-0.4, -0.2) is 58.3 Å². The molecule has 1 heterocycles. The van der Waals surface area contributed by atoms with Gasteiger partial charge in [-0.15, -0.1) is 0 Å². The molecule has 1 aliphatic heterocycles. The Morgan fingerprint density at radius 1 is 1.19 bits per heavy atom. The Labute approximate surface area is 216 Å². The van der Waals surface area contributed by atoms with E-state index >= 15 is 0 Å². The highest BCUT2D eigenvalue weighted by Crippen LogP contribution is 2.29. The molecule has 9 nitrogen and oxygen atoms in total. The van der Waals surface area contributed by atoms with Gasteiger partial charge in [-0.3, -0.25) is 9.59 Å². The first-order chi connectivity index (χ1) is 17.7. The van der Waals surface area contributed by atoms with Crippen LogP contribution in [0.25, 0.3) is 0 Å². The van der Waals surface area contributed by atoms with E-state index in [-0.39, 0.29) is 18.2 Å². The monoisotopic (exact) mass is 517 g/mol. The Morgan fingerprint density at radius 2 is 1.84 bits per heavy atom. The van der Waals surface area contributed by atoms with E-state index in [1.54, 1.807) is 44.2 Å². The molecule has 0 radical (unpaired) electrons. The number of benzene rings is 2. The number of ether oxygens (including phenoxy) is 1. The molecule has 202 valence electrons. The van der Waals surface area contributed by atoms with Gasteiger partial charge in [0, 0.05) is 0 Å². The second kappa shape index (κ2) is 13.7. The summed E-state index contributed by atoms with van der Waals surface area (Å²) in [7, 11) is 0. The lowest BCUT2D eigenvalue weighted by atomic mass is 9.96. The maximum absolute atomic E-state index is 14.3. The minimum Gasteiger partial charge on any atom is -0.491 e. The SMILES string of the molecule is CC.CCC(C)C(C(=O)Nc1ccc(C)cc1F)N1C(=O)N[C@H](c2ccc(OCC(O)CO)cc2)C1=O. The van der Waals surface area contributed by atoms with E-state index in [1.807, 2.05) is 20.8 Å². The molecule has 4 atom stereocenters. The van der Waals surface area contributed by atoms with E-state index in [9.17, 15) is 23.9 Å². The zero-order valence-corrected chi connectivity index (χ0v) is 21.8. The number of hydrogen-bond acceptors (Lipinski definition) is 6. The number of urea groups is 1. The van der Waals surface area contributed by atoms with Gasteiger partial charge in [0.15, 0.2) is 0 Å². The highest BCUT2D eigenvalue weighted by molar-refractivity contribution is 6.09. The van der Waals surface area contributed by atoms with Crippen LogP contribution in [0.5, 0.6) is 5.75 Å². The van der Waals surface area contributed by atoms with Crippen LogP contribution in [0.15, 0.2) is 42.5 Å². The van der Waals surface area contributed by atoms with Crippen LogP contribution < -0.4 is 15.4 Å². The number of aryl methyl sites for hydroxylation is 1. The third-order valence-electron chi connectivity index (χ3n) is 5.95. The molecule has 3 rings (SSSR count). The van der Waals surface area contributed by atoms with Crippen molar-refractivity contribution >= 4 is 23.5 Å². The first kappa shape index (κ1) is 29.7. The van der Waals surface area contributed by atoms with E-state index in [1.165, 1.54) is 12.1 Å². The van der Waals surface area contributed by atoms with Gasteiger partial charge in [0.2, 0.25) is 5.91 Å². The van der Waals surface area contributed by atoms with Gasteiger partial charge in [-0.1, -0.05) is 52.3 Å². The molecule has 1 aliphatic rings. The van der Waals surface area contributed by atoms with Crippen molar-refractivity contribution in [3.63, 3.8) is 0 Å². The van der Waals surface area contributed by atoms with Gasteiger partial charge in [0.25, 0.3) is 5.91 Å². The molecule has 0 aliphatic carbocycles. The fraction of sp³-hybridized carbons (Fsp3) is 0.444. The maximum Gasteiger partial charge on any atom is 0.325 e. The summed E-state index contributed by atoms with van der Waals surface area (Å²) in [6, 6.07) is 7.84. The van der Waals surface area contributed by atoms with Crippen molar-refractivity contribution in [3.05, 3.63) is 59.4 Å². The third-order valence-corrected chi connectivity index (χ3v) is 5.95. The van der Waals surface area contributed by atoms with Gasteiger partial charge >= 0.3 is 6.03 Å². The minimum absolute atomic E-state index is 0.0283. The highest BCUT2D eigenvalue weighted by Gasteiger charge is 2.46. The van der Waals surface area contributed by atoms with Crippen molar-refractivity contribution < 1.29 is 33.7 Å². The van der Waals surface area contributed by atoms with E-state index in [0.29, 0.717) is 23.3 Å². The predicted molar refractivity (Wildman–Crippen MR) is 138 cm³/mol. The van der Waals surface area contributed by atoms with Crippen LogP contribution in [-0.2, 0) is 9.59 Å². The third kappa shape index (κ3) is 7.27. The van der Waals surface area contributed by atoms with E-state index in [2.05, 4.69) is 10.6 Å². The molecule has 0 bridgehead atoms. The Kier molecular flexibility index (Phi) is 11.0. The number of nitrogens with one attached hydrogen (secondary N) is 2. The first-order valence-corrected chi connectivity index (χ1v) is 12.4. The van der Waals surface area contributed by atoms with Gasteiger partial charge in [-0.2, -0.15) is 0 Å². The molecule has 0 saturated carbocycles. The number of imide groups is 1. The Hall–Kier alpha value is -3.50. The molecular formula is C27H36FN3O6. The van der Waals surface area contributed by atoms with Crippen molar-refractivity contribution in [3.8, 4) is 5.75 Å². The number of halogens is 1. The largest absolute Gasteiger partial charge is 0.491 e. The zero-order valence-electron chi connectivity index (χ0n) is 21.8. The number of amides is 4. The molecule has 4 amide bonds. The molecule has 3 unspecified atom stereocenters. The fourth-order valence-corrected chi connectivity index (χ4v) is 3.77. The summed E-state index contributed by atoms with van der Waals surface area (Å²) in [6.45, 7) is 8.77. The van der Waals surface area contributed by atoms with Crippen molar-refractivity contribution in [1.29, 1.82) is 0 Å². The first-order valence-electron chi connectivity index (χ1n) is 12.4. The molecule has 10 heteroatoms. The van der Waals surface area contributed by atoms with Crippen LogP contribution >= 0.6 is 0 Å². The fourth-order valence-electron chi connectivity index (χ4n) is 3.77. The van der Waals surface area contributed by atoms with Crippen molar-refractivity contribution in [1.82, 2.24) is 10.2 Å². The van der Waals surface area contributed by atoms with Crippen molar-refractivity contribution in [2.75, 3.05) is 18.5 Å². The second-order valence-electron chi connectivity index (χ2n) is 8.61. The maximum atomic E-state index is 14.3. The molecule has 2 aromatic rings. The molecule has 1 saturated heterocycles. The summed E-state index contributed by atoms with van der Waals surface area (Å²) < 4.78 is 19.7. The number of carbonyl (C=O) groups is 3. The average molecular weight is 518 g/mol. The van der Waals surface area contributed by atoms with E-state index in [0.717, 1.165) is 4.90 Å². The van der Waals surface area contributed by atoms with Gasteiger partial charge in [0.05, 0.1) is 12.3 Å². The summed E-state index contributed by atoms with van der Waals surface area (Å²) in [4.78, 5) is 40.2. The van der Waals surface area contributed by atoms with Crippen LogP contribution in [0.3, 0.4) is 0 Å². The summed E-state index contributed by atoms with van der Waals surface area (Å²) in [5.74, 6) is -1.83. The number of anilines is 1. The number of carbonyl (C=O) groups excluding carboxylic acids is 3. The number of hydrogen-bond donors (Lipinski definition) is 4. The standard InChI is InChI=1S/C25H30FN3O6.C2H6/c1-4-15(3)22(23(32)27-20-10-5-14(2)11-19(20)26)29-24(33)21(28-25(29)34)16-6-8-18(9-7-16)35-13-17(31)12-30;1-2/h5-11,15,17,21-22,30-31H,4,12-13H2,1-3H3,(H,27,32)(H,28,34);1-2H3/t15?,17?,21-,22?;/m1./s1. The lowest BCUT2D eigenvalue weighted by Gasteiger charge is -2.29. The molecule has 1 fully saturated rings. The molecule has 37 heavy (non-hydrogen) atoms. The molecule has 0 spiro atoms. The summed E-state index contributed by atoms with van der Waals surface area (Å²) in [5.41, 5.74) is 1.14. The normalized spacial score (nSPS) is 17.3. The second-order valence-corrected chi connectivity index (χ2v) is 8.61. The lowest BCUT2D eigenvalue weighted by Crippen LogP contribution is -2.51. The Morgan fingerprint density at radius 3 is 2.41 bits per heavy atom. The van der Waals surface area contributed by atoms with Crippen LogP contribution in [0.1, 0.15) is 51.3 Å². The number of rotatable bonds is 10. The summed E-state index contributed by atoms with van der Waals surface area (Å²) in [6.07, 6.45) is -0.516. The number of nitrogens with zero attached hydrogens (tertiary/aromatic N) is 1. The Bertz CT molecular complexity index is 1080. The van der Waals surface area contributed by atoms with Crippen molar-refractivity contribution in [2.24, 2.45) is 5.92 Å². The van der Waals surface area contributed by atoms with Gasteiger partial charge in [0.1, 0.15) is 36.4 Å². The highest BCUT2D eigenvalue weighted by atomic mass is 19.1. The summed E-state index contributed by atoms with van der Waals surface area (Å²) >= 11 is 0. The zero-order chi connectivity index (χ0) is 27.7. The molecule has 0 aromatic heterocycles. The van der Waals surface area contributed by atoms with Crippen LogP contribution in [0.2, 0.25) is 0 Å². The Balaban J connectivity index is 0.00000235. The van der Waals surface area contributed by atoms with Crippen molar-refractivity contribution in [2.45, 2.75) is 59.2 Å². The predicted octanol–water partition coefficient (Wildman–Crippen LogP) is 3.54. The van der Waals surface area contributed by atoms with E-state index in [4.69, 9.17) is 9.84 Å². The molecule has 2 aromatic carbocycles. The van der Waals surface area contributed by atoms with Gasteiger partial charge in [-0.25, -0.2) is 14.1 Å². The molecule has 4 N–H and O–H groups in total. The number of aliphatic hydroxyl groups is 2. The van der Waals surface area contributed by atoms with Gasteiger partial charge < -0.3 is 25.6 Å². The van der Waals surface area contributed by atoms with Crippen LogP contribution in [0, 0.1) is 18.7 Å². The van der Waals surface area contributed by atoms with Gasteiger partial charge in [-0.05, 0) is 48.2 Å². The quantitative estimate of drug-likeness (QED) is 0.357. The number of aliphatic hydroxyl groups excluding tert-OH is 2. The average Bonchev–Trinajstić information content (AvgIpc) is 3.19. The molecular weight excluding hydrogens is 481 g/mol. The summed E-state index contributed by atoms with van der Waals surface area (Å²) in [5, 5.41) is 23.4.